The average molecular weight is 206 g/mol. The third-order valence-electron chi connectivity index (χ3n) is 2.09. The lowest BCUT2D eigenvalue weighted by molar-refractivity contribution is 0.513. The summed E-state index contributed by atoms with van der Waals surface area (Å²) in [5, 5.41) is 3.14. The van der Waals surface area contributed by atoms with E-state index >= 15 is 0 Å². The number of H-pyrrole nitrogens is 1. The zero-order valence-electron chi connectivity index (χ0n) is 8.58. The summed E-state index contributed by atoms with van der Waals surface area (Å²) in [4.78, 5) is 7.14. The van der Waals surface area contributed by atoms with Gasteiger partial charge in [0.25, 0.3) is 0 Å². The van der Waals surface area contributed by atoms with E-state index in [1.54, 1.807) is 6.26 Å². The Hall–Kier alpha value is -1.91. The number of anilines is 2. The number of nitrogens with one attached hydrogen (secondary N) is 2. The predicted molar refractivity (Wildman–Crippen MR) is 58.6 cm³/mol. The molecular formula is C10H14N4O. The number of aromatic nitrogens is 2. The van der Waals surface area contributed by atoms with E-state index in [1.807, 2.05) is 19.1 Å². The van der Waals surface area contributed by atoms with Crippen LogP contribution in [-0.4, -0.2) is 16.5 Å². The van der Waals surface area contributed by atoms with Crippen molar-refractivity contribution < 1.29 is 4.42 Å². The molecular weight excluding hydrogens is 192 g/mol. The highest BCUT2D eigenvalue weighted by Crippen LogP contribution is 2.13. The summed E-state index contributed by atoms with van der Waals surface area (Å²) in [6.45, 7) is 2.62. The Labute approximate surface area is 87.7 Å². The van der Waals surface area contributed by atoms with Crippen molar-refractivity contribution in [2.75, 3.05) is 17.6 Å². The van der Waals surface area contributed by atoms with Gasteiger partial charge in [-0.3, -0.25) is 0 Å². The predicted octanol–water partition coefficient (Wildman–Crippen LogP) is 1.55. The topological polar surface area (TPSA) is 79.9 Å². The summed E-state index contributed by atoms with van der Waals surface area (Å²) in [6, 6.07) is 3.82. The summed E-state index contributed by atoms with van der Waals surface area (Å²) < 4.78 is 5.21. The molecule has 2 rings (SSSR count). The van der Waals surface area contributed by atoms with Crippen molar-refractivity contribution in [3.05, 3.63) is 30.0 Å². The van der Waals surface area contributed by atoms with Crippen LogP contribution in [-0.2, 0) is 6.42 Å². The third kappa shape index (κ3) is 2.31. The van der Waals surface area contributed by atoms with Gasteiger partial charge in [0.2, 0.25) is 0 Å². The van der Waals surface area contributed by atoms with E-state index in [2.05, 4.69) is 15.3 Å². The van der Waals surface area contributed by atoms with Crippen LogP contribution in [0.5, 0.6) is 0 Å². The maximum atomic E-state index is 5.70. The molecule has 0 spiro atoms. The summed E-state index contributed by atoms with van der Waals surface area (Å²) in [5.41, 5.74) is 5.70. The van der Waals surface area contributed by atoms with Crippen molar-refractivity contribution in [1.82, 2.24) is 9.97 Å². The minimum absolute atomic E-state index is 0.576. The minimum Gasteiger partial charge on any atom is -0.469 e. The van der Waals surface area contributed by atoms with Gasteiger partial charge < -0.3 is 20.5 Å². The highest BCUT2D eigenvalue weighted by atomic mass is 16.3. The second-order valence-corrected chi connectivity index (χ2v) is 3.34. The van der Waals surface area contributed by atoms with Gasteiger partial charge >= 0.3 is 0 Å². The Morgan fingerprint density at radius 1 is 1.60 bits per heavy atom. The number of aryl methyl sites for hydroxylation is 1. The van der Waals surface area contributed by atoms with Gasteiger partial charge in [-0.05, 0) is 19.1 Å². The van der Waals surface area contributed by atoms with E-state index in [0.29, 0.717) is 11.6 Å². The van der Waals surface area contributed by atoms with Gasteiger partial charge in [0.05, 0.1) is 6.26 Å². The fraction of sp³-hybridized carbons (Fsp3) is 0.300. The molecule has 0 aliphatic rings. The van der Waals surface area contributed by atoms with E-state index in [4.69, 9.17) is 10.2 Å². The Kier molecular flexibility index (Phi) is 2.62. The summed E-state index contributed by atoms with van der Waals surface area (Å²) >= 11 is 0. The number of rotatable bonds is 4. The number of nitrogens with zero attached hydrogens (tertiary/aromatic N) is 1. The van der Waals surface area contributed by atoms with E-state index < -0.39 is 0 Å². The highest BCUT2D eigenvalue weighted by molar-refractivity contribution is 5.56. The first kappa shape index (κ1) is 9.64. The van der Waals surface area contributed by atoms with E-state index in [0.717, 1.165) is 24.6 Å². The smallest absolute Gasteiger partial charge is 0.168 e. The summed E-state index contributed by atoms with van der Waals surface area (Å²) in [5.74, 6) is 3.05. The van der Waals surface area contributed by atoms with E-state index in [1.165, 1.54) is 0 Å². The van der Waals surface area contributed by atoms with Gasteiger partial charge in [-0.25, -0.2) is 4.98 Å². The maximum absolute atomic E-state index is 5.70. The number of hydrogen-bond acceptors (Lipinski definition) is 4. The number of aromatic amines is 1. The Balaban J connectivity index is 1.86. The number of imidazole rings is 1. The van der Waals surface area contributed by atoms with Crippen LogP contribution in [0.15, 0.2) is 22.8 Å². The quantitative estimate of drug-likeness (QED) is 0.709. The molecule has 2 heterocycles. The molecule has 0 aliphatic heterocycles. The number of furan rings is 1. The SMILES string of the molecule is Cc1nc(NCCc2ccco2)c(N)[nH]1. The molecule has 2 aromatic heterocycles. The lowest BCUT2D eigenvalue weighted by Crippen LogP contribution is -2.06. The first-order chi connectivity index (χ1) is 7.25. The van der Waals surface area contributed by atoms with Crippen LogP contribution in [0, 0.1) is 6.92 Å². The fourth-order valence-corrected chi connectivity index (χ4v) is 1.40. The molecule has 5 nitrogen and oxygen atoms in total. The summed E-state index contributed by atoms with van der Waals surface area (Å²) in [6.07, 6.45) is 2.49. The van der Waals surface area contributed by atoms with E-state index in [-0.39, 0.29) is 0 Å². The Morgan fingerprint density at radius 3 is 3.07 bits per heavy atom. The van der Waals surface area contributed by atoms with Crippen molar-refractivity contribution in [1.29, 1.82) is 0 Å². The molecule has 4 N–H and O–H groups in total. The van der Waals surface area contributed by atoms with Gasteiger partial charge in [0.1, 0.15) is 17.4 Å². The first-order valence-electron chi connectivity index (χ1n) is 4.84. The highest BCUT2D eigenvalue weighted by Gasteiger charge is 2.03. The van der Waals surface area contributed by atoms with Gasteiger partial charge in [-0.2, -0.15) is 0 Å². The van der Waals surface area contributed by atoms with Crippen LogP contribution in [0.4, 0.5) is 11.6 Å². The van der Waals surface area contributed by atoms with Crippen LogP contribution in [0.1, 0.15) is 11.6 Å². The fourth-order valence-electron chi connectivity index (χ4n) is 1.40. The second kappa shape index (κ2) is 4.08. The van der Waals surface area contributed by atoms with Crippen molar-refractivity contribution in [2.45, 2.75) is 13.3 Å². The van der Waals surface area contributed by atoms with Crippen molar-refractivity contribution in [2.24, 2.45) is 0 Å². The zero-order chi connectivity index (χ0) is 10.7. The molecule has 5 heteroatoms. The molecule has 0 saturated carbocycles. The average Bonchev–Trinajstić information content (AvgIpc) is 2.77. The first-order valence-corrected chi connectivity index (χ1v) is 4.84. The largest absolute Gasteiger partial charge is 0.469 e. The van der Waals surface area contributed by atoms with Crippen LogP contribution >= 0.6 is 0 Å². The minimum atomic E-state index is 0.576. The molecule has 0 saturated heterocycles. The molecule has 0 fully saturated rings. The van der Waals surface area contributed by atoms with Crippen LogP contribution < -0.4 is 11.1 Å². The van der Waals surface area contributed by atoms with Crippen molar-refractivity contribution >= 4 is 11.6 Å². The second-order valence-electron chi connectivity index (χ2n) is 3.34. The normalized spacial score (nSPS) is 10.5. The maximum Gasteiger partial charge on any atom is 0.168 e. The van der Waals surface area contributed by atoms with Crippen molar-refractivity contribution in [3.8, 4) is 0 Å². The molecule has 0 radical (unpaired) electrons. The van der Waals surface area contributed by atoms with Gasteiger partial charge in [0, 0.05) is 13.0 Å². The zero-order valence-corrected chi connectivity index (χ0v) is 8.58. The third-order valence-corrected chi connectivity index (χ3v) is 2.09. The lowest BCUT2D eigenvalue weighted by atomic mass is 10.3. The number of hydrogen-bond donors (Lipinski definition) is 3. The molecule has 0 bridgehead atoms. The standard InChI is InChI=1S/C10H14N4O/c1-7-13-9(11)10(14-7)12-5-4-8-3-2-6-15-8/h2-3,6,12H,4-5,11H2,1H3,(H,13,14). The number of nitrogens with two attached hydrogens (primary N) is 1. The van der Waals surface area contributed by atoms with Crippen molar-refractivity contribution in [3.63, 3.8) is 0 Å². The Morgan fingerprint density at radius 2 is 2.47 bits per heavy atom. The van der Waals surface area contributed by atoms with Crippen LogP contribution in [0.2, 0.25) is 0 Å². The van der Waals surface area contributed by atoms with E-state index in [9.17, 15) is 0 Å². The molecule has 0 aliphatic carbocycles. The molecule has 0 amide bonds. The van der Waals surface area contributed by atoms with Gasteiger partial charge in [0.15, 0.2) is 5.82 Å². The summed E-state index contributed by atoms with van der Waals surface area (Å²) in [7, 11) is 0. The number of nitrogen functional groups attached to an aromatic ring is 1. The molecule has 2 aromatic rings. The van der Waals surface area contributed by atoms with Crippen LogP contribution in [0.25, 0.3) is 0 Å². The van der Waals surface area contributed by atoms with Gasteiger partial charge in [-0.15, -0.1) is 0 Å². The monoisotopic (exact) mass is 206 g/mol. The van der Waals surface area contributed by atoms with Crippen LogP contribution in [0.3, 0.4) is 0 Å². The lowest BCUT2D eigenvalue weighted by Gasteiger charge is -2.01. The molecule has 0 unspecified atom stereocenters. The molecule has 15 heavy (non-hydrogen) atoms. The molecule has 80 valence electrons. The molecule has 0 aromatic carbocycles. The van der Waals surface area contributed by atoms with Gasteiger partial charge in [-0.1, -0.05) is 0 Å². The molecule has 0 atom stereocenters. The Bertz CT molecular complexity index is 419.